The van der Waals surface area contributed by atoms with Crippen LogP contribution in [-0.2, 0) is 4.74 Å². The van der Waals surface area contributed by atoms with E-state index in [0.717, 1.165) is 26.1 Å². The molecule has 3 heteroatoms. The molecule has 0 aliphatic carbocycles. The molecule has 0 aromatic heterocycles. The molecule has 1 aromatic carbocycles. The van der Waals surface area contributed by atoms with Crippen molar-refractivity contribution >= 4 is 5.69 Å². The van der Waals surface area contributed by atoms with E-state index in [1.165, 1.54) is 16.8 Å². The summed E-state index contributed by atoms with van der Waals surface area (Å²) in [6, 6.07) is 7.04. The molecule has 0 amide bonds. The summed E-state index contributed by atoms with van der Waals surface area (Å²) in [4.78, 5) is 2.37. The summed E-state index contributed by atoms with van der Waals surface area (Å²) in [7, 11) is 2.17. The summed E-state index contributed by atoms with van der Waals surface area (Å²) < 4.78 is 5.46. The van der Waals surface area contributed by atoms with Crippen molar-refractivity contribution in [1.82, 2.24) is 0 Å². The molecule has 0 saturated carbocycles. The van der Waals surface area contributed by atoms with E-state index in [1.54, 1.807) is 0 Å². The molecule has 1 atom stereocenters. The number of likely N-dealkylation sites (N-methyl/N-ethyl adjacent to an activating group) is 1. The normalized spacial score (nSPS) is 18.3. The molecule has 0 radical (unpaired) electrons. The van der Waals surface area contributed by atoms with E-state index in [-0.39, 0.29) is 0 Å². The standard InChI is InChI=1S/C16H26N2O/c1-12-4-5-15(13(2)10-12)18(3)16(11-17)14-6-8-19-9-7-14/h4-5,10,14,16H,6-9,11,17H2,1-3H3. The second kappa shape index (κ2) is 6.40. The lowest BCUT2D eigenvalue weighted by Crippen LogP contribution is -2.45. The molecule has 2 rings (SSSR count). The van der Waals surface area contributed by atoms with Gasteiger partial charge in [-0.1, -0.05) is 17.7 Å². The summed E-state index contributed by atoms with van der Waals surface area (Å²) in [6.07, 6.45) is 2.24. The van der Waals surface area contributed by atoms with Crippen LogP contribution in [0.5, 0.6) is 0 Å². The predicted molar refractivity (Wildman–Crippen MR) is 80.7 cm³/mol. The molecular formula is C16H26N2O. The van der Waals surface area contributed by atoms with Crippen molar-refractivity contribution in [3.63, 3.8) is 0 Å². The van der Waals surface area contributed by atoms with Gasteiger partial charge >= 0.3 is 0 Å². The SMILES string of the molecule is Cc1ccc(N(C)C(CN)C2CCOCC2)c(C)c1. The third-order valence-corrected chi connectivity index (χ3v) is 4.28. The van der Waals surface area contributed by atoms with Crippen molar-refractivity contribution in [2.45, 2.75) is 32.7 Å². The Bertz CT molecular complexity index is 413. The topological polar surface area (TPSA) is 38.5 Å². The van der Waals surface area contributed by atoms with E-state index >= 15 is 0 Å². The van der Waals surface area contributed by atoms with Gasteiger partial charge in [0.25, 0.3) is 0 Å². The van der Waals surface area contributed by atoms with Gasteiger partial charge in [-0.3, -0.25) is 0 Å². The Morgan fingerprint density at radius 3 is 2.58 bits per heavy atom. The molecule has 1 fully saturated rings. The molecular weight excluding hydrogens is 236 g/mol. The third kappa shape index (κ3) is 3.28. The molecule has 0 bridgehead atoms. The van der Waals surface area contributed by atoms with Crippen LogP contribution < -0.4 is 10.6 Å². The fourth-order valence-electron chi connectivity index (χ4n) is 3.15. The Morgan fingerprint density at radius 1 is 1.32 bits per heavy atom. The third-order valence-electron chi connectivity index (χ3n) is 4.28. The van der Waals surface area contributed by atoms with Crippen LogP contribution in [0.15, 0.2) is 18.2 Å². The molecule has 1 unspecified atom stereocenters. The van der Waals surface area contributed by atoms with Gasteiger partial charge in [0.05, 0.1) is 0 Å². The minimum atomic E-state index is 0.408. The van der Waals surface area contributed by atoms with E-state index in [2.05, 4.69) is 44.0 Å². The largest absolute Gasteiger partial charge is 0.381 e. The van der Waals surface area contributed by atoms with Crippen LogP contribution in [0, 0.1) is 19.8 Å². The maximum Gasteiger partial charge on any atom is 0.0469 e. The van der Waals surface area contributed by atoms with E-state index in [1.807, 2.05) is 0 Å². The number of hydrogen-bond donors (Lipinski definition) is 1. The van der Waals surface area contributed by atoms with Crippen molar-refractivity contribution in [2.24, 2.45) is 11.7 Å². The first kappa shape index (κ1) is 14.4. The van der Waals surface area contributed by atoms with Crippen LogP contribution >= 0.6 is 0 Å². The maximum atomic E-state index is 6.04. The summed E-state index contributed by atoms with van der Waals surface area (Å²) >= 11 is 0. The molecule has 2 N–H and O–H groups in total. The van der Waals surface area contributed by atoms with Crippen LogP contribution in [0.25, 0.3) is 0 Å². The highest BCUT2D eigenvalue weighted by molar-refractivity contribution is 5.54. The number of aryl methyl sites for hydroxylation is 2. The molecule has 0 spiro atoms. The molecule has 106 valence electrons. The molecule has 1 aliphatic heterocycles. The minimum Gasteiger partial charge on any atom is -0.381 e. The van der Waals surface area contributed by atoms with E-state index in [4.69, 9.17) is 10.5 Å². The van der Waals surface area contributed by atoms with Gasteiger partial charge in [-0.05, 0) is 44.2 Å². The zero-order valence-corrected chi connectivity index (χ0v) is 12.4. The zero-order valence-electron chi connectivity index (χ0n) is 12.4. The Labute approximate surface area is 116 Å². The second-order valence-corrected chi connectivity index (χ2v) is 5.65. The highest BCUT2D eigenvalue weighted by Crippen LogP contribution is 2.28. The predicted octanol–water partition coefficient (Wildman–Crippen LogP) is 2.49. The first-order valence-corrected chi connectivity index (χ1v) is 7.21. The Balaban J connectivity index is 2.17. The molecule has 19 heavy (non-hydrogen) atoms. The Morgan fingerprint density at radius 2 is 2.00 bits per heavy atom. The van der Waals surface area contributed by atoms with Crippen LogP contribution in [0.2, 0.25) is 0 Å². The van der Waals surface area contributed by atoms with E-state index in [0.29, 0.717) is 18.5 Å². The van der Waals surface area contributed by atoms with Gasteiger partial charge < -0.3 is 15.4 Å². The molecule has 1 saturated heterocycles. The fourth-order valence-corrected chi connectivity index (χ4v) is 3.15. The average Bonchev–Trinajstić information content (AvgIpc) is 2.40. The van der Waals surface area contributed by atoms with Gasteiger partial charge in [0, 0.05) is 38.5 Å². The van der Waals surface area contributed by atoms with Crippen molar-refractivity contribution in [3.8, 4) is 0 Å². The number of anilines is 1. The lowest BCUT2D eigenvalue weighted by molar-refractivity contribution is 0.0588. The number of ether oxygens (including phenoxy) is 1. The highest BCUT2D eigenvalue weighted by atomic mass is 16.5. The minimum absolute atomic E-state index is 0.408. The summed E-state index contributed by atoms with van der Waals surface area (Å²) in [5.41, 5.74) is 9.98. The van der Waals surface area contributed by atoms with Crippen molar-refractivity contribution in [1.29, 1.82) is 0 Å². The van der Waals surface area contributed by atoms with Gasteiger partial charge in [0.2, 0.25) is 0 Å². The van der Waals surface area contributed by atoms with E-state index < -0.39 is 0 Å². The van der Waals surface area contributed by atoms with Gasteiger partial charge in [0.15, 0.2) is 0 Å². The van der Waals surface area contributed by atoms with Crippen molar-refractivity contribution < 1.29 is 4.74 Å². The second-order valence-electron chi connectivity index (χ2n) is 5.65. The molecule has 1 aromatic rings. The van der Waals surface area contributed by atoms with Gasteiger partial charge in [0.1, 0.15) is 0 Å². The van der Waals surface area contributed by atoms with Gasteiger partial charge in [-0.2, -0.15) is 0 Å². The highest BCUT2D eigenvalue weighted by Gasteiger charge is 2.26. The summed E-state index contributed by atoms with van der Waals surface area (Å²) in [5.74, 6) is 0.643. The first-order valence-electron chi connectivity index (χ1n) is 7.21. The quantitative estimate of drug-likeness (QED) is 0.906. The van der Waals surface area contributed by atoms with Crippen LogP contribution in [-0.4, -0.2) is 32.8 Å². The van der Waals surface area contributed by atoms with E-state index in [9.17, 15) is 0 Å². The molecule has 1 heterocycles. The fraction of sp³-hybridized carbons (Fsp3) is 0.625. The van der Waals surface area contributed by atoms with Crippen molar-refractivity contribution in [3.05, 3.63) is 29.3 Å². The van der Waals surface area contributed by atoms with Crippen LogP contribution in [0.1, 0.15) is 24.0 Å². The van der Waals surface area contributed by atoms with Crippen LogP contribution in [0.4, 0.5) is 5.69 Å². The molecule has 3 nitrogen and oxygen atoms in total. The number of benzene rings is 1. The zero-order chi connectivity index (χ0) is 13.8. The number of hydrogen-bond acceptors (Lipinski definition) is 3. The van der Waals surface area contributed by atoms with Gasteiger partial charge in [-0.15, -0.1) is 0 Å². The lowest BCUT2D eigenvalue weighted by Gasteiger charge is -2.38. The Hall–Kier alpha value is -1.06. The van der Waals surface area contributed by atoms with Crippen LogP contribution in [0.3, 0.4) is 0 Å². The van der Waals surface area contributed by atoms with Crippen molar-refractivity contribution in [2.75, 3.05) is 31.7 Å². The summed E-state index contributed by atoms with van der Waals surface area (Å²) in [5, 5.41) is 0. The maximum absolute atomic E-state index is 6.04. The number of nitrogens with zero attached hydrogens (tertiary/aromatic N) is 1. The summed E-state index contributed by atoms with van der Waals surface area (Å²) in [6.45, 7) is 6.77. The number of nitrogens with two attached hydrogens (primary N) is 1. The first-order chi connectivity index (χ1) is 9.13. The monoisotopic (exact) mass is 262 g/mol. The van der Waals surface area contributed by atoms with Gasteiger partial charge in [-0.25, -0.2) is 0 Å². The Kier molecular flexibility index (Phi) is 4.83. The molecule has 1 aliphatic rings. The number of rotatable bonds is 4. The average molecular weight is 262 g/mol. The smallest absolute Gasteiger partial charge is 0.0469 e. The lowest BCUT2D eigenvalue weighted by atomic mass is 9.90.